The highest BCUT2D eigenvalue weighted by molar-refractivity contribution is 6.12. The lowest BCUT2D eigenvalue weighted by atomic mass is 10.1. The van der Waals surface area contributed by atoms with Crippen molar-refractivity contribution in [3.8, 4) is 6.07 Å². The molecule has 0 fully saturated rings. The van der Waals surface area contributed by atoms with Gasteiger partial charge in [0.05, 0.1) is 18.4 Å². The van der Waals surface area contributed by atoms with E-state index in [1.165, 1.54) is 29.9 Å². The molecule has 1 aromatic heterocycles. The zero-order valence-electron chi connectivity index (χ0n) is 16.0. The summed E-state index contributed by atoms with van der Waals surface area (Å²) in [5.41, 5.74) is 1.36. The molecular formula is C22H17N3O5. The van der Waals surface area contributed by atoms with Crippen molar-refractivity contribution < 1.29 is 24.2 Å². The van der Waals surface area contributed by atoms with Gasteiger partial charge in [0.25, 0.3) is 5.91 Å². The molecule has 0 radical (unpaired) electrons. The third-order valence-electron chi connectivity index (χ3n) is 4.37. The van der Waals surface area contributed by atoms with Crippen molar-refractivity contribution in [2.75, 3.05) is 12.4 Å². The number of ether oxygens (including phenoxy) is 1. The molecule has 1 amide bonds. The summed E-state index contributed by atoms with van der Waals surface area (Å²) < 4.78 is 6.23. The first kappa shape index (κ1) is 20.4. The van der Waals surface area contributed by atoms with E-state index < -0.39 is 17.8 Å². The molecular weight excluding hydrogens is 386 g/mol. The summed E-state index contributed by atoms with van der Waals surface area (Å²) in [4.78, 5) is 35.7. The van der Waals surface area contributed by atoms with Gasteiger partial charge >= 0.3 is 11.9 Å². The summed E-state index contributed by atoms with van der Waals surface area (Å²) in [6.45, 7) is -0.255. The number of carbonyl (C=O) groups is 3. The maximum absolute atomic E-state index is 12.7. The number of aromatic nitrogens is 1. The highest BCUT2D eigenvalue weighted by Crippen LogP contribution is 2.24. The van der Waals surface area contributed by atoms with E-state index in [1.807, 2.05) is 6.07 Å². The molecule has 0 aliphatic heterocycles. The van der Waals surface area contributed by atoms with Gasteiger partial charge in [-0.3, -0.25) is 9.59 Å². The second-order valence-electron chi connectivity index (χ2n) is 6.28. The molecule has 2 N–H and O–H groups in total. The van der Waals surface area contributed by atoms with E-state index in [4.69, 9.17) is 9.84 Å². The van der Waals surface area contributed by atoms with Crippen LogP contribution in [0.2, 0.25) is 0 Å². The summed E-state index contributed by atoms with van der Waals surface area (Å²) in [6.07, 6.45) is 2.96. The van der Waals surface area contributed by atoms with Crippen LogP contribution in [0.5, 0.6) is 0 Å². The Morgan fingerprint density at radius 2 is 1.87 bits per heavy atom. The Hall–Kier alpha value is -4.38. The number of fused-ring (bicyclic) bond motifs is 1. The average Bonchev–Trinajstić information content (AvgIpc) is 3.08. The number of carboxylic acid groups (broad SMARTS) is 1. The molecule has 0 unspecified atom stereocenters. The number of esters is 1. The molecule has 30 heavy (non-hydrogen) atoms. The molecule has 150 valence electrons. The number of anilines is 1. The average molecular weight is 403 g/mol. The van der Waals surface area contributed by atoms with Gasteiger partial charge in [-0.05, 0) is 24.3 Å². The Morgan fingerprint density at radius 1 is 1.17 bits per heavy atom. The molecule has 0 aliphatic rings. The van der Waals surface area contributed by atoms with Crippen LogP contribution in [0.1, 0.15) is 15.9 Å². The lowest BCUT2D eigenvalue weighted by molar-refractivity contribution is -0.137. The number of hydrogen-bond donors (Lipinski definition) is 2. The number of nitrogens with one attached hydrogen (secondary N) is 1. The summed E-state index contributed by atoms with van der Waals surface area (Å²) >= 11 is 0. The van der Waals surface area contributed by atoms with Crippen LogP contribution in [0, 0.1) is 11.3 Å². The first-order valence-corrected chi connectivity index (χ1v) is 8.84. The number of methoxy groups -OCH3 is 1. The van der Waals surface area contributed by atoms with E-state index in [0.29, 0.717) is 16.5 Å². The van der Waals surface area contributed by atoms with Crippen LogP contribution in [0.3, 0.4) is 0 Å². The van der Waals surface area contributed by atoms with Gasteiger partial charge in [0.15, 0.2) is 0 Å². The molecule has 8 heteroatoms. The molecule has 0 saturated carbocycles. The van der Waals surface area contributed by atoms with Gasteiger partial charge in [-0.15, -0.1) is 0 Å². The molecule has 0 bridgehead atoms. The van der Waals surface area contributed by atoms with Crippen LogP contribution in [-0.2, 0) is 20.9 Å². The first-order chi connectivity index (χ1) is 14.4. The van der Waals surface area contributed by atoms with E-state index in [0.717, 1.165) is 0 Å². The second-order valence-corrected chi connectivity index (χ2v) is 6.28. The SMILES string of the molecule is COC(=O)c1ccccc1NC(=O)/C(C#N)=C/c1cn(CC(=O)O)c2ccccc12. The van der Waals surface area contributed by atoms with Crippen molar-refractivity contribution in [2.45, 2.75) is 6.54 Å². The standard InChI is InChI=1S/C22H17N3O5/c1-30-22(29)17-7-2-4-8-18(17)24-21(28)14(11-23)10-15-12-25(13-20(26)27)19-9-5-3-6-16(15)19/h2-10,12H,13H2,1H3,(H,24,28)(H,26,27)/b14-10+. The fourth-order valence-corrected chi connectivity index (χ4v) is 3.04. The summed E-state index contributed by atoms with van der Waals surface area (Å²) in [7, 11) is 1.23. The molecule has 0 atom stereocenters. The number of benzene rings is 2. The Bertz CT molecular complexity index is 1220. The van der Waals surface area contributed by atoms with Gasteiger partial charge in [0.2, 0.25) is 0 Å². The quantitative estimate of drug-likeness (QED) is 0.371. The Balaban J connectivity index is 1.98. The van der Waals surface area contributed by atoms with Crippen LogP contribution in [0.15, 0.2) is 60.3 Å². The summed E-state index contributed by atoms with van der Waals surface area (Å²) in [5.74, 6) is -2.34. The highest BCUT2D eigenvalue weighted by Gasteiger charge is 2.17. The molecule has 0 saturated heterocycles. The Labute approximate surface area is 171 Å². The zero-order chi connectivity index (χ0) is 21.7. The molecule has 2 aromatic carbocycles. The Kier molecular flexibility index (Phi) is 5.94. The van der Waals surface area contributed by atoms with Gasteiger partial charge < -0.3 is 19.7 Å². The van der Waals surface area contributed by atoms with Crippen molar-refractivity contribution in [3.63, 3.8) is 0 Å². The van der Waals surface area contributed by atoms with Crippen molar-refractivity contribution >= 4 is 40.5 Å². The minimum atomic E-state index is -1.01. The number of carbonyl (C=O) groups excluding carboxylic acids is 2. The van der Waals surface area contributed by atoms with Crippen LogP contribution >= 0.6 is 0 Å². The fraction of sp³-hybridized carbons (Fsp3) is 0.0909. The van der Waals surface area contributed by atoms with Crippen LogP contribution < -0.4 is 5.32 Å². The van der Waals surface area contributed by atoms with Gasteiger partial charge in [-0.1, -0.05) is 30.3 Å². The second kappa shape index (κ2) is 8.75. The minimum Gasteiger partial charge on any atom is -0.480 e. The number of aliphatic carboxylic acids is 1. The lowest BCUT2D eigenvalue weighted by Crippen LogP contribution is -2.16. The highest BCUT2D eigenvalue weighted by atomic mass is 16.5. The number of amides is 1. The van der Waals surface area contributed by atoms with Crippen LogP contribution in [0.25, 0.3) is 17.0 Å². The topological polar surface area (TPSA) is 121 Å². The Morgan fingerprint density at radius 3 is 2.57 bits per heavy atom. The maximum atomic E-state index is 12.7. The number of nitrogens with zero attached hydrogens (tertiary/aromatic N) is 2. The van der Waals surface area contributed by atoms with E-state index in [2.05, 4.69) is 5.32 Å². The summed E-state index contributed by atoms with van der Waals surface area (Å²) in [5, 5.41) is 21.9. The van der Waals surface area contributed by atoms with E-state index in [1.54, 1.807) is 42.6 Å². The molecule has 1 heterocycles. The number of rotatable bonds is 6. The van der Waals surface area contributed by atoms with Crippen molar-refractivity contribution in [2.24, 2.45) is 0 Å². The molecule has 3 rings (SSSR count). The van der Waals surface area contributed by atoms with Crippen LogP contribution in [0.4, 0.5) is 5.69 Å². The van der Waals surface area contributed by atoms with E-state index >= 15 is 0 Å². The number of hydrogen-bond acceptors (Lipinski definition) is 5. The van der Waals surface area contributed by atoms with Gasteiger partial charge in [0, 0.05) is 22.7 Å². The van der Waals surface area contributed by atoms with Gasteiger partial charge in [0.1, 0.15) is 18.2 Å². The zero-order valence-corrected chi connectivity index (χ0v) is 16.0. The third kappa shape index (κ3) is 4.20. The molecule has 3 aromatic rings. The third-order valence-corrected chi connectivity index (χ3v) is 4.37. The predicted molar refractivity (Wildman–Crippen MR) is 110 cm³/mol. The summed E-state index contributed by atoms with van der Waals surface area (Å²) in [6, 6.07) is 15.2. The number of nitriles is 1. The smallest absolute Gasteiger partial charge is 0.339 e. The normalized spacial score (nSPS) is 11.0. The van der Waals surface area contributed by atoms with Crippen molar-refractivity contribution in [3.05, 3.63) is 71.4 Å². The molecule has 0 aliphatic carbocycles. The molecule has 8 nitrogen and oxygen atoms in total. The maximum Gasteiger partial charge on any atom is 0.339 e. The fourth-order valence-electron chi connectivity index (χ4n) is 3.04. The van der Waals surface area contributed by atoms with E-state index in [9.17, 15) is 19.6 Å². The van der Waals surface area contributed by atoms with E-state index in [-0.39, 0.29) is 23.4 Å². The van der Waals surface area contributed by atoms with Crippen LogP contribution in [-0.4, -0.2) is 34.6 Å². The van der Waals surface area contributed by atoms with Crippen molar-refractivity contribution in [1.29, 1.82) is 5.26 Å². The first-order valence-electron chi connectivity index (χ1n) is 8.84. The lowest BCUT2D eigenvalue weighted by Gasteiger charge is -2.09. The molecule has 0 spiro atoms. The minimum absolute atomic E-state index is 0.156. The number of carboxylic acids is 1. The van der Waals surface area contributed by atoms with Crippen molar-refractivity contribution in [1.82, 2.24) is 4.57 Å². The predicted octanol–water partition coefficient (Wildman–Crippen LogP) is 3.06. The monoisotopic (exact) mass is 403 g/mol. The number of para-hydroxylation sites is 2. The largest absolute Gasteiger partial charge is 0.480 e. The van der Waals surface area contributed by atoms with Gasteiger partial charge in [-0.2, -0.15) is 5.26 Å². The van der Waals surface area contributed by atoms with Gasteiger partial charge in [-0.25, -0.2) is 4.79 Å².